The Morgan fingerprint density at radius 2 is 1.61 bits per heavy atom. The summed E-state index contributed by atoms with van der Waals surface area (Å²) < 4.78 is 14.4. The van der Waals surface area contributed by atoms with Crippen LogP contribution in [0.3, 0.4) is 0 Å². The fourth-order valence-electron chi connectivity index (χ4n) is 3.53. The van der Waals surface area contributed by atoms with Crippen LogP contribution in [0.25, 0.3) is 11.1 Å². The van der Waals surface area contributed by atoms with Crippen LogP contribution in [0.1, 0.15) is 44.6 Å². The zero-order valence-corrected chi connectivity index (χ0v) is 15.9. The highest BCUT2D eigenvalue weighted by Crippen LogP contribution is 2.31. The van der Waals surface area contributed by atoms with Crippen molar-refractivity contribution in [3.05, 3.63) is 57.4 Å². The van der Waals surface area contributed by atoms with Crippen molar-refractivity contribution >= 4 is 22.6 Å². The van der Waals surface area contributed by atoms with E-state index in [1.165, 1.54) is 44.1 Å². The van der Waals surface area contributed by atoms with Gasteiger partial charge in [0.15, 0.2) is 0 Å². The second-order valence-electron chi connectivity index (χ2n) is 6.99. The normalized spacial score (nSPS) is 21.3. The third-order valence-corrected chi connectivity index (χ3v) is 6.06. The van der Waals surface area contributed by atoms with Crippen molar-refractivity contribution < 1.29 is 4.39 Å². The lowest BCUT2D eigenvalue weighted by atomic mass is 9.80. The van der Waals surface area contributed by atoms with Gasteiger partial charge in [-0.05, 0) is 76.1 Å². The molecule has 0 nitrogen and oxygen atoms in total. The monoisotopic (exact) mass is 422 g/mol. The maximum absolute atomic E-state index is 13.7. The molecule has 0 spiro atoms. The molecule has 0 saturated heterocycles. The average Bonchev–Trinajstić information content (AvgIpc) is 2.57. The predicted molar refractivity (Wildman–Crippen MR) is 104 cm³/mol. The van der Waals surface area contributed by atoms with Gasteiger partial charge in [0.25, 0.3) is 0 Å². The molecular formula is C21H24FI. The molecule has 3 rings (SSSR count). The predicted octanol–water partition coefficient (Wildman–Crippen LogP) is 6.86. The summed E-state index contributed by atoms with van der Waals surface area (Å²) in [6, 6.07) is 14.1. The SMILES string of the molecule is CC1CCC(CCc2ccc(-c3ccc(I)c(F)c3)cc2)CC1. The lowest BCUT2D eigenvalue weighted by Crippen LogP contribution is -2.12. The van der Waals surface area contributed by atoms with Gasteiger partial charge >= 0.3 is 0 Å². The molecule has 0 unspecified atom stereocenters. The molecular weight excluding hydrogens is 398 g/mol. The number of benzene rings is 2. The zero-order valence-electron chi connectivity index (χ0n) is 13.7. The van der Waals surface area contributed by atoms with Gasteiger partial charge in [-0.25, -0.2) is 4.39 Å². The summed E-state index contributed by atoms with van der Waals surface area (Å²) in [6.45, 7) is 2.38. The van der Waals surface area contributed by atoms with E-state index < -0.39 is 0 Å². The molecule has 1 aliphatic rings. The van der Waals surface area contributed by atoms with Crippen molar-refractivity contribution in [3.8, 4) is 11.1 Å². The Kier molecular flexibility index (Phi) is 5.73. The van der Waals surface area contributed by atoms with Gasteiger partial charge in [-0.3, -0.25) is 0 Å². The Bertz CT molecular complexity index is 639. The van der Waals surface area contributed by atoms with E-state index >= 15 is 0 Å². The summed E-state index contributed by atoms with van der Waals surface area (Å²) in [5, 5.41) is 0. The topological polar surface area (TPSA) is 0 Å². The Morgan fingerprint density at radius 3 is 2.26 bits per heavy atom. The largest absolute Gasteiger partial charge is 0.206 e. The molecule has 0 heterocycles. The maximum Gasteiger partial charge on any atom is 0.137 e. The fraction of sp³-hybridized carbons (Fsp3) is 0.429. The molecule has 2 aromatic carbocycles. The van der Waals surface area contributed by atoms with Crippen molar-refractivity contribution in [2.24, 2.45) is 11.8 Å². The van der Waals surface area contributed by atoms with E-state index in [9.17, 15) is 4.39 Å². The van der Waals surface area contributed by atoms with Crippen LogP contribution >= 0.6 is 22.6 Å². The Balaban J connectivity index is 1.59. The van der Waals surface area contributed by atoms with Crippen molar-refractivity contribution in [1.82, 2.24) is 0 Å². The second kappa shape index (κ2) is 7.78. The molecule has 0 N–H and O–H groups in total. The molecule has 1 saturated carbocycles. The number of halogens is 2. The van der Waals surface area contributed by atoms with Gasteiger partial charge in [0.2, 0.25) is 0 Å². The third kappa shape index (κ3) is 4.56. The van der Waals surface area contributed by atoms with Crippen molar-refractivity contribution in [2.45, 2.75) is 45.4 Å². The van der Waals surface area contributed by atoms with Gasteiger partial charge in [0.05, 0.1) is 0 Å². The molecule has 2 heteroatoms. The van der Waals surface area contributed by atoms with E-state index in [1.807, 2.05) is 34.7 Å². The quantitative estimate of drug-likeness (QED) is 0.473. The Hall–Kier alpha value is -0.900. The van der Waals surface area contributed by atoms with Crippen LogP contribution in [0.15, 0.2) is 42.5 Å². The minimum absolute atomic E-state index is 0.140. The third-order valence-electron chi connectivity index (χ3n) is 5.18. The smallest absolute Gasteiger partial charge is 0.137 e. The first-order valence-electron chi connectivity index (χ1n) is 8.66. The number of rotatable bonds is 4. The van der Waals surface area contributed by atoms with Crippen molar-refractivity contribution in [3.63, 3.8) is 0 Å². The summed E-state index contributed by atoms with van der Waals surface area (Å²) in [4.78, 5) is 0. The average molecular weight is 422 g/mol. The summed E-state index contributed by atoms with van der Waals surface area (Å²) >= 11 is 2.02. The Morgan fingerprint density at radius 1 is 0.957 bits per heavy atom. The van der Waals surface area contributed by atoms with E-state index in [0.29, 0.717) is 3.57 Å². The van der Waals surface area contributed by atoms with Gasteiger partial charge < -0.3 is 0 Å². The first kappa shape index (κ1) is 16.9. The van der Waals surface area contributed by atoms with Crippen LogP contribution in [-0.2, 0) is 6.42 Å². The summed E-state index contributed by atoms with van der Waals surface area (Å²) in [5.74, 6) is 1.70. The molecule has 0 atom stereocenters. The molecule has 2 aromatic rings. The van der Waals surface area contributed by atoms with E-state index in [4.69, 9.17) is 0 Å². The van der Waals surface area contributed by atoms with Crippen LogP contribution in [0, 0.1) is 21.2 Å². The summed E-state index contributed by atoms with van der Waals surface area (Å²) in [6.07, 6.45) is 8.09. The minimum atomic E-state index is -0.140. The van der Waals surface area contributed by atoms with Gasteiger partial charge in [0.1, 0.15) is 5.82 Å². The van der Waals surface area contributed by atoms with Gasteiger partial charge in [-0.15, -0.1) is 0 Å². The zero-order chi connectivity index (χ0) is 16.2. The molecule has 0 aliphatic heterocycles. The highest BCUT2D eigenvalue weighted by Gasteiger charge is 2.17. The molecule has 1 aliphatic carbocycles. The van der Waals surface area contributed by atoms with E-state index in [-0.39, 0.29) is 5.82 Å². The number of hydrogen-bond acceptors (Lipinski definition) is 0. The molecule has 0 bridgehead atoms. The van der Waals surface area contributed by atoms with Crippen LogP contribution in [0.2, 0.25) is 0 Å². The van der Waals surface area contributed by atoms with Gasteiger partial charge in [0, 0.05) is 3.57 Å². The van der Waals surface area contributed by atoms with E-state index in [0.717, 1.165) is 23.0 Å². The Labute approximate surface area is 152 Å². The van der Waals surface area contributed by atoms with Gasteiger partial charge in [-0.1, -0.05) is 62.9 Å². The van der Waals surface area contributed by atoms with Crippen LogP contribution in [-0.4, -0.2) is 0 Å². The summed E-state index contributed by atoms with van der Waals surface area (Å²) in [5.41, 5.74) is 3.45. The lowest BCUT2D eigenvalue weighted by Gasteiger charge is -2.26. The molecule has 0 radical (unpaired) electrons. The number of hydrogen-bond donors (Lipinski definition) is 0. The fourth-order valence-corrected chi connectivity index (χ4v) is 3.86. The summed E-state index contributed by atoms with van der Waals surface area (Å²) in [7, 11) is 0. The molecule has 0 aromatic heterocycles. The van der Waals surface area contributed by atoms with Crippen molar-refractivity contribution in [2.75, 3.05) is 0 Å². The highest BCUT2D eigenvalue weighted by molar-refractivity contribution is 14.1. The van der Waals surface area contributed by atoms with Crippen LogP contribution < -0.4 is 0 Å². The standard InChI is InChI=1S/C21H24FI/c1-15-2-4-16(5-3-15)6-7-17-8-10-18(11-9-17)19-12-13-21(23)20(22)14-19/h8-16H,2-7H2,1H3. The second-order valence-corrected chi connectivity index (χ2v) is 8.15. The van der Waals surface area contributed by atoms with E-state index in [2.05, 4.69) is 31.2 Å². The maximum atomic E-state index is 13.7. The molecule has 122 valence electrons. The van der Waals surface area contributed by atoms with Crippen molar-refractivity contribution in [1.29, 1.82) is 0 Å². The van der Waals surface area contributed by atoms with Gasteiger partial charge in [-0.2, -0.15) is 0 Å². The molecule has 23 heavy (non-hydrogen) atoms. The molecule has 0 amide bonds. The molecule has 1 fully saturated rings. The minimum Gasteiger partial charge on any atom is -0.206 e. The van der Waals surface area contributed by atoms with Crippen LogP contribution in [0.4, 0.5) is 4.39 Å². The number of aryl methyl sites for hydroxylation is 1. The van der Waals surface area contributed by atoms with E-state index in [1.54, 1.807) is 6.07 Å². The van der Waals surface area contributed by atoms with Crippen LogP contribution in [0.5, 0.6) is 0 Å². The lowest BCUT2D eigenvalue weighted by molar-refractivity contribution is 0.278. The highest BCUT2D eigenvalue weighted by atomic mass is 127. The first-order chi connectivity index (χ1) is 11.1. The first-order valence-corrected chi connectivity index (χ1v) is 9.74.